The number of hydrogen-bond acceptors (Lipinski definition) is 4. The van der Waals surface area contributed by atoms with Gasteiger partial charge in [0.1, 0.15) is 5.75 Å². The smallest absolute Gasteiger partial charge is 0.263 e. The van der Waals surface area contributed by atoms with Crippen LogP contribution in [0.2, 0.25) is 0 Å². The molecular weight excluding hydrogens is 326 g/mol. The highest BCUT2D eigenvalue weighted by Crippen LogP contribution is 2.18. The maximum absolute atomic E-state index is 12.4. The average molecular weight is 343 g/mol. The van der Waals surface area contributed by atoms with E-state index >= 15 is 0 Å². The lowest BCUT2D eigenvalue weighted by atomic mass is 10.2. The summed E-state index contributed by atoms with van der Waals surface area (Å²) in [6.07, 6.45) is 1.73. The van der Waals surface area contributed by atoms with Gasteiger partial charge in [0.05, 0.1) is 18.6 Å². The first-order chi connectivity index (χ1) is 11.6. The summed E-state index contributed by atoms with van der Waals surface area (Å²) in [5.74, 6) is 0.878. The fraction of sp³-hybridized carbons (Fsp3) is 0.118. The van der Waals surface area contributed by atoms with Crippen molar-refractivity contribution in [2.75, 3.05) is 11.8 Å². The number of methoxy groups -OCH3 is 1. The van der Waals surface area contributed by atoms with Crippen molar-refractivity contribution in [1.82, 2.24) is 9.78 Å². The molecule has 1 N–H and O–H groups in total. The van der Waals surface area contributed by atoms with Gasteiger partial charge in [-0.05, 0) is 29.8 Å². The molecule has 7 heteroatoms. The van der Waals surface area contributed by atoms with Crippen molar-refractivity contribution in [3.05, 3.63) is 72.4 Å². The summed E-state index contributed by atoms with van der Waals surface area (Å²) in [7, 11) is -2.15. The van der Waals surface area contributed by atoms with E-state index < -0.39 is 10.0 Å². The molecule has 0 fully saturated rings. The van der Waals surface area contributed by atoms with Crippen LogP contribution in [0.25, 0.3) is 0 Å². The summed E-state index contributed by atoms with van der Waals surface area (Å²) in [6, 6.07) is 17.6. The van der Waals surface area contributed by atoms with Gasteiger partial charge in [-0.1, -0.05) is 30.3 Å². The first kappa shape index (κ1) is 16.1. The van der Waals surface area contributed by atoms with Crippen LogP contribution in [0.15, 0.2) is 71.8 Å². The Kier molecular flexibility index (Phi) is 4.52. The Morgan fingerprint density at radius 1 is 1.04 bits per heavy atom. The van der Waals surface area contributed by atoms with E-state index in [1.54, 1.807) is 29.1 Å². The van der Waals surface area contributed by atoms with Crippen LogP contribution in [-0.2, 0) is 16.6 Å². The van der Waals surface area contributed by atoms with Crippen LogP contribution in [0.4, 0.5) is 5.82 Å². The normalized spacial score (nSPS) is 11.2. The third kappa shape index (κ3) is 3.75. The predicted octanol–water partition coefficient (Wildman–Crippen LogP) is 2.74. The molecule has 24 heavy (non-hydrogen) atoms. The van der Waals surface area contributed by atoms with Crippen LogP contribution in [0, 0.1) is 0 Å². The number of benzene rings is 2. The van der Waals surface area contributed by atoms with Gasteiger partial charge in [0.2, 0.25) is 0 Å². The SMILES string of the molecule is COc1ccc(S(=O)(=O)Nc2ccn(Cc3ccccc3)n2)cc1. The summed E-state index contributed by atoms with van der Waals surface area (Å²) in [5.41, 5.74) is 1.09. The van der Waals surface area contributed by atoms with Gasteiger partial charge in [0.15, 0.2) is 5.82 Å². The largest absolute Gasteiger partial charge is 0.497 e. The highest BCUT2D eigenvalue weighted by molar-refractivity contribution is 7.92. The topological polar surface area (TPSA) is 73.2 Å². The molecule has 1 heterocycles. The molecule has 0 aliphatic heterocycles. The van der Waals surface area contributed by atoms with Crippen LogP contribution in [0.1, 0.15) is 5.56 Å². The quantitative estimate of drug-likeness (QED) is 0.747. The molecule has 1 aromatic heterocycles. The third-order valence-corrected chi connectivity index (χ3v) is 4.81. The second kappa shape index (κ2) is 6.76. The van der Waals surface area contributed by atoms with Gasteiger partial charge in [-0.3, -0.25) is 9.40 Å². The Balaban J connectivity index is 1.73. The molecule has 0 aliphatic carbocycles. The van der Waals surface area contributed by atoms with E-state index in [2.05, 4.69) is 9.82 Å². The molecule has 124 valence electrons. The molecule has 0 spiro atoms. The van der Waals surface area contributed by atoms with Crippen molar-refractivity contribution >= 4 is 15.8 Å². The van der Waals surface area contributed by atoms with E-state index in [9.17, 15) is 8.42 Å². The number of aromatic nitrogens is 2. The van der Waals surface area contributed by atoms with Crippen molar-refractivity contribution in [3.8, 4) is 5.75 Å². The van der Waals surface area contributed by atoms with Crippen LogP contribution >= 0.6 is 0 Å². The molecule has 0 bridgehead atoms. The highest BCUT2D eigenvalue weighted by Gasteiger charge is 2.15. The molecule has 0 atom stereocenters. The Bertz CT molecular complexity index is 904. The van der Waals surface area contributed by atoms with Gasteiger partial charge in [-0.15, -0.1) is 0 Å². The van der Waals surface area contributed by atoms with E-state index in [0.29, 0.717) is 12.3 Å². The second-order valence-electron chi connectivity index (χ2n) is 5.17. The molecule has 3 aromatic rings. The van der Waals surface area contributed by atoms with Crippen molar-refractivity contribution in [2.24, 2.45) is 0 Å². The fourth-order valence-corrected chi connectivity index (χ4v) is 3.22. The number of nitrogens with one attached hydrogen (secondary N) is 1. The number of anilines is 1. The van der Waals surface area contributed by atoms with Crippen LogP contribution < -0.4 is 9.46 Å². The van der Waals surface area contributed by atoms with E-state index in [1.165, 1.54) is 19.2 Å². The number of hydrogen-bond donors (Lipinski definition) is 1. The Morgan fingerprint density at radius 2 is 1.75 bits per heavy atom. The first-order valence-electron chi connectivity index (χ1n) is 7.31. The van der Waals surface area contributed by atoms with Gasteiger partial charge in [0, 0.05) is 12.3 Å². The summed E-state index contributed by atoms with van der Waals surface area (Å²) < 4.78 is 33.9. The lowest BCUT2D eigenvalue weighted by Gasteiger charge is -2.06. The van der Waals surface area contributed by atoms with Crippen molar-refractivity contribution < 1.29 is 13.2 Å². The van der Waals surface area contributed by atoms with Gasteiger partial charge in [-0.2, -0.15) is 5.10 Å². The summed E-state index contributed by atoms with van der Waals surface area (Å²) in [4.78, 5) is 0.154. The van der Waals surface area contributed by atoms with E-state index in [0.717, 1.165) is 5.56 Å². The monoisotopic (exact) mass is 343 g/mol. The predicted molar refractivity (Wildman–Crippen MR) is 91.6 cm³/mol. The Morgan fingerprint density at radius 3 is 2.42 bits per heavy atom. The number of nitrogens with zero attached hydrogens (tertiary/aromatic N) is 2. The minimum absolute atomic E-state index is 0.154. The molecule has 6 nitrogen and oxygen atoms in total. The number of sulfonamides is 1. The maximum Gasteiger partial charge on any atom is 0.263 e. The number of rotatable bonds is 6. The molecule has 0 saturated carbocycles. The van der Waals surface area contributed by atoms with E-state index in [4.69, 9.17) is 4.74 Å². The maximum atomic E-state index is 12.4. The van der Waals surface area contributed by atoms with Gasteiger partial charge < -0.3 is 4.74 Å². The van der Waals surface area contributed by atoms with Crippen LogP contribution in [-0.4, -0.2) is 25.3 Å². The Labute approximate surface area is 140 Å². The van der Waals surface area contributed by atoms with Crippen molar-refractivity contribution in [2.45, 2.75) is 11.4 Å². The lowest BCUT2D eigenvalue weighted by Crippen LogP contribution is -2.13. The Hall–Kier alpha value is -2.80. The minimum atomic E-state index is -3.68. The van der Waals surface area contributed by atoms with Gasteiger partial charge in [-0.25, -0.2) is 8.42 Å². The average Bonchev–Trinajstić information content (AvgIpc) is 3.02. The summed E-state index contributed by atoms with van der Waals surface area (Å²) in [5, 5.41) is 4.25. The molecule has 3 rings (SSSR count). The third-order valence-electron chi connectivity index (χ3n) is 3.44. The minimum Gasteiger partial charge on any atom is -0.497 e. The van der Waals surface area contributed by atoms with Crippen LogP contribution in [0.3, 0.4) is 0 Å². The van der Waals surface area contributed by atoms with E-state index in [-0.39, 0.29) is 10.7 Å². The molecule has 0 aliphatic rings. The van der Waals surface area contributed by atoms with Gasteiger partial charge in [0.25, 0.3) is 10.0 Å². The fourth-order valence-electron chi connectivity index (χ4n) is 2.23. The molecule has 0 radical (unpaired) electrons. The molecule has 2 aromatic carbocycles. The highest BCUT2D eigenvalue weighted by atomic mass is 32.2. The first-order valence-corrected chi connectivity index (χ1v) is 8.79. The second-order valence-corrected chi connectivity index (χ2v) is 6.85. The zero-order valence-electron chi connectivity index (χ0n) is 13.1. The molecule has 0 unspecified atom stereocenters. The van der Waals surface area contributed by atoms with Gasteiger partial charge >= 0.3 is 0 Å². The zero-order valence-corrected chi connectivity index (χ0v) is 13.9. The standard InChI is InChI=1S/C17H17N3O3S/c1-23-15-7-9-16(10-8-15)24(21,22)19-17-11-12-20(18-17)13-14-5-3-2-4-6-14/h2-12H,13H2,1H3,(H,18,19). The zero-order chi connectivity index (χ0) is 17.0. The summed E-state index contributed by atoms with van der Waals surface area (Å²) >= 11 is 0. The summed E-state index contributed by atoms with van der Waals surface area (Å²) in [6.45, 7) is 0.575. The van der Waals surface area contributed by atoms with Crippen molar-refractivity contribution in [1.29, 1.82) is 0 Å². The van der Waals surface area contributed by atoms with E-state index in [1.807, 2.05) is 30.3 Å². The molecule has 0 saturated heterocycles. The van der Waals surface area contributed by atoms with Crippen molar-refractivity contribution in [3.63, 3.8) is 0 Å². The molecule has 0 amide bonds. The number of ether oxygens (including phenoxy) is 1. The molecular formula is C17H17N3O3S. The van der Waals surface area contributed by atoms with Crippen LogP contribution in [0.5, 0.6) is 5.75 Å². The lowest BCUT2D eigenvalue weighted by molar-refractivity contribution is 0.414.